The summed E-state index contributed by atoms with van der Waals surface area (Å²) in [4.78, 5) is 7.88. The van der Waals surface area contributed by atoms with E-state index in [0.717, 1.165) is 12.5 Å². The monoisotopic (exact) mass is 254 g/mol. The predicted molar refractivity (Wildman–Crippen MR) is 68.2 cm³/mol. The fraction of sp³-hybridized carbons (Fsp3) is 0.667. The van der Waals surface area contributed by atoms with Crippen molar-refractivity contribution in [1.82, 2.24) is 9.97 Å². The number of hydrogen-bond donors (Lipinski definition) is 2. The van der Waals surface area contributed by atoms with Crippen LogP contribution in [0.5, 0.6) is 0 Å². The van der Waals surface area contributed by atoms with Crippen molar-refractivity contribution in [3.8, 4) is 0 Å². The minimum absolute atomic E-state index is 0.218. The fourth-order valence-electron chi connectivity index (χ4n) is 1.51. The Bertz CT molecular complexity index is 384. The second-order valence-electron chi connectivity index (χ2n) is 4.37. The lowest BCUT2D eigenvalue weighted by Gasteiger charge is -2.08. The molecule has 18 heavy (non-hydrogen) atoms. The lowest BCUT2D eigenvalue weighted by atomic mass is 10.5. The Kier molecular flexibility index (Phi) is 4.69. The molecule has 1 aromatic rings. The second kappa shape index (κ2) is 6.49. The van der Waals surface area contributed by atoms with Crippen LogP contribution in [-0.4, -0.2) is 36.3 Å². The number of nitrogens with one attached hydrogen (secondary N) is 2. The maximum atomic E-state index is 13.4. The number of hydrogen-bond acceptors (Lipinski definition) is 5. The van der Waals surface area contributed by atoms with E-state index in [0.29, 0.717) is 25.6 Å². The highest BCUT2D eigenvalue weighted by Crippen LogP contribution is 2.28. The molecule has 2 N–H and O–H groups in total. The first-order chi connectivity index (χ1) is 8.79. The van der Waals surface area contributed by atoms with Gasteiger partial charge in [-0.1, -0.05) is 0 Å². The first-order valence-electron chi connectivity index (χ1n) is 6.37. The highest BCUT2D eigenvalue weighted by Gasteiger charge is 2.20. The third-order valence-corrected chi connectivity index (χ3v) is 2.67. The van der Waals surface area contributed by atoms with Gasteiger partial charge in [-0.15, -0.1) is 0 Å². The van der Waals surface area contributed by atoms with Gasteiger partial charge in [0.25, 0.3) is 0 Å². The number of nitrogens with zero attached hydrogens (tertiary/aromatic N) is 2. The minimum Gasteiger partial charge on any atom is -0.379 e. The number of aromatic nitrogens is 2. The molecule has 5 nitrogen and oxygen atoms in total. The molecule has 1 aliphatic rings. The smallest absolute Gasteiger partial charge is 0.224 e. The molecule has 0 atom stereocenters. The summed E-state index contributed by atoms with van der Waals surface area (Å²) in [5.74, 6) is 0.955. The molecule has 100 valence electrons. The highest BCUT2D eigenvalue weighted by atomic mass is 19.1. The molecule has 1 aromatic heterocycles. The van der Waals surface area contributed by atoms with E-state index in [1.807, 2.05) is 6.92 Å². The standard InChI is InChI=1S/C12H19FN4O/c1-2-14-12-16-7-10(13)11(17-12)15-5-6-18-8-9-3-4-9/h7,9H,2-6,8H2,1H3,(H2,14,15,16,17). The first kappa shape index (κ1) is 13.0. The van der Waals surface area contributed by atoms with Gasteiger partial charge in [0, 0.05) is 19.7 Å². The van der Waals surface area contributed by atoms with Gasteiger partial charge in [-0.2, -0.15) is 4.98 Å². The lowest BCUT2D eigenvalue weighted by molar-refractivity contribution is 0.134. The van der Waals surface area contributed by atoms with Crippen LogP contribution in [0.3, 0.4) is 0 Å². The van der Waals surface area contributed by atoms with Gasteiger partial charge >= 0.3 is 0 Å². The van der Waals surface area contributed by atoms with Crippen LogP contribution in [0.25, 0.3) is 0 Å². The van der Waals surface area contributed by atoms with E-state index in [1.165, 1.54) is 19.0 Å². The van der Waals surface area contributed by atoms with E-state index in [2.05, 4.69) is 20.6 Å². The summed E-state index contributed by atoms with van der Waals surface area (Å²) in [5, 5.41) is 5.85. The van der Waals surface area contributed by atoms with E-state index in [1.54, 1.807) is 0 Å². The Hall–Kier alpha value is -1.43. The molecule has 0 aromatic carbocycles. The zero-order valence-electron chi connectivity index (χ0n) is 10.6. The van der Waals surface area contributed by atoms with Crippen molar-refractivity contribution in [3.05, 3.63) is 12.0 Å². The normalized spacial score (nSPS) is 14.6. The van der Waals surface area contributed by atoms with Gasteiger partial charge in [0.2, 0.25) is 5.95 Å². The predicted octanol–water partition coefficient (Wildman–Crippen LogP) is 1.89. The van der Waals surface area contributed by atoms with Crippen LogP contribution in [0.15, 0.2) is 6.20 Å². The molecule has 6 heteroatoms. The van der Waals surface area contributed by atoms with E-state index < -0.39 is 5.82 Å². The number of ether oxygens (including phenoxy) is 1. The molecule has 0 radical (unpaired) electrons. The van der Waals surface area contributed by atoms with Gasteiger partial charge in [0.05, 0.1) is 12.8 Å². The Morgan fingerprint density at radius 3 is 3.00 bits per heavy atom. The molecule has 1 aliphatic carbocycles. The SMILES string of the molecule is CCNc1ncc(F)c(NCCOCC2CC2)n1. The molecular weight excluding hydrogens is 235 g/mol. The van der Waals surface area contributed by atoms with Crippen LogP contribution in [0.1, 0.15) is 19.8 Å². The van der Waals surface area contributed by atoms with E-state index >= 15 is 0 Å². The van der Waals surface area contributed by atoms with Gasteiger partial charge in [-0.05, 0) is 25.7 Å². The molecule has 1 fully saturated rings. The topological polar surface area (TPSA) is 59.1 Å². The minimum atomic E-state index is -0.446. The maximum Gasteiger partial charge on any atom is 0.224 e. The van der Waals surface area contributed by atoms with Crippen molar-refractivity contribution in [1.29, 1.82) is 0 Å². The fourth-order valence-corrected chi connectivity index (χ4v) is 1.51. The van der Waals surface area contributed by atoms with Crippen LogP contribution >= 0.6 is 0 Å². The average molecular weight is 254 g/mol. The summed E-state index contributed by atoms with van der Waals surface area (Å²) in [6, 6.07) is 0. The molecule has 1 saturated carbocycles. The Balaban J connectivity index is 1.73. The zero-order valence-corrected chi connectivity index (χ0v) is 10.6. The largest absolute Gasteiger partial charge is 0.379 e. The molecule has 0 spiro atoms. The first-order valence-corrected chi connectivity index (χ1v) is 6.37. The van der Waals surface area contributed by atoms with Gasteiger partial charge in [0.1, 0.15) is 0 Å². The zero-order chi connectivity index (χ0) is 12.8. The summed E-state index contributed by atoms with van der Waals surface area (Å²) in [6.07, 6.45) is 3.72. The Labute approximate surface area is 106 Å². The molecule has 0 unspecified atom stereocenters. The maximum absolute atomic E-state index is 13.4. The summed E-state index contributed by atoms with van der Waals surface area (Å²) in [6.45, 7) is 4.57. The Morgan fingerprint density at radius 1 is 1.44 bits per heavy atom. The molecule has 1 heterocycles. The van der Waals surface area contributed by atoms with Gasteiger partial charge in [-0.3, -0.25) is 0 Å². The van der Waals surface area contributed by atoms with Crippen molar-refractivity contribution in [2.75, 3.05) is 36.9 Å². The summed E-state index contributed by atoms with van der Waals surface area (Å²) in [7, 11) is 0. The molecular formula is C12H19FN4O. The van der Waals surface area contributed by atoms with Gasteiger partial charge < -0.3 is 15.4 Å². The van der Waals surface area contributed by atoms with Crippen LogP contribution in [0.4, 0.5) is 16.2 Å². The molecule has 0 saturated heterocycles. The van der Waals surface area contributed by atoms with Crippen molar-refractivity contribution in [2.45, 2.75) is 19.8 Å². The van der Waals surface area contributed by atoms with Crippen LogP contribution in [-0.2, 0) is 4.74 Å². The Morgan fingerprint density at radius 2 is 2.28 bits per heavy atom. The summed E-state index contributed by atoms with van der Waals surface area (Å²) >= 11 is 0. The van der Waals surface area contributed by atoms with Gasteiger partial charge in [0.15, 0.2) is 11.6 Å². The third kappa shape index (κ3) is 4.10. The lowest BCUT2D eigenvalue weighted by Crippen LogP contribution is -2.14. The van der Waals surface area contributed by atoms with Crippen LogP contribution in [0, 0.1) is 11.7 Å². The van der Waals surface area contributed by atoms with Crippen LogP contribution in [0.2, 0.25) is 0 Å². The van der Waals surface area contributed by atoms with Crippen molar-refractivity contribution < 1.29 is 9.13 Å². The van der Waals surface area contributed by atoms with Crippen molar-refractivity contribution >= 4 is 11.8 Å². The number of halogens is 1. The van der Waals surface area contributed by atoms with E-state index in [4.69, 9.17) is 4.74 Å². The number of anilines is 2. The third-order valence-electron chi connectivity index (χ3n) is 2.67. The molecule has 0 bridgehead atoms. The second-order valence-corrected chi connectivity index (χ2v) is 4.37. The number of rotatable bonds is 8. The summed E-state index contributed by atoms with van der Waals surface area (Å²) in [5.41, 5.74) is 0. The molecule has 0 amide bonds. The highest BCUT2D eigenvalue weighted by molar-refractivity contribution is 5.40. The quantitative estimate of drug-likeness (QED) is 0.694. The molecule has 0 aliphatic heterocycles. The van der Waals surface area contributed by atoms with E-state index in [9.17, 15) is 4.39 Å². The molecule has 2 rings (SSSR count). The van der Waals surface area contributed by atoms with E-state index in [-0.39, 0.29) is 5.82 Å². The van der Waals surface area contributed by atoms with Crippen molar-refractivity contribution in [3.63, 3.8) is 0 Å². The average Bonchev–Trinajstić information content (AvgIpc) is 3.17. The van der Waals surface area contributed by atoms with Crippen molar-refractivity contribution in [2.24, 2.45) is 5.92 Å². The van der Waals surface area contributed by atoms with Crippen LogP contribution < -0.4 is 10.6 Å². The van der Waals surface area contributed by atoms with Gasteiger partial charge in [-0.25, -0.2) is 9.37 Å². The summed E-state index contributed by atoms with van der Waals surface area (Å²) < 4.78 is 18.9.